The standard InChI is InChI=1S/C12H15N3O3S2/c1-3-10-4-5-11(19-10)20(16,17)15-6-9(7-15)12-13-8(2)14-18-12/h4-5,9H,3,6-7H2,1-2H3. The fourth-order valence-electron chi connectivity index (χ4n) is 2.08. The smallest absolute Gasteiger partial charge is 0.252 e. The molecule has 0 aliphatic carbocycles. The molecule has 1 aliphatic heterocycles. The van der Waals surface area contributed by atoms with Crippen molar-refractivity contribution in [1.82, 2.24) is 14.4 Å². The van der Waals surface area contributed by atoms with E-state index in [-0.39, 0.29) is 5.92 Å². The Morgan fingerprint density at radius 2 is 2.20 bits per heavy atom. The van der Waals surface area contributed by atoms with Gasteiger partial charge in [-0.1, -0.05) is 12.1 Å². The molecule has 1 fully saturated rings. The van der Waals surface area contributed by atoms with Crippen LogP contribution >= 0.6 is 11.3 Å². The molecule has 0 spiro atoms. The fraction of sp³-hybridized carbons (Fsp3) is 0.500. The number of aromatic nitrogens is 2. The summed E-state index contributed by atoms with van der Waals surface area (Å²) in [5, 5.41) is 3.73. The van der Waals surface area contributed by atoms with Crippen LogP contribution in [0.5, 0.6) is 0 Å². The second-order valence-electron chi connectivity index (χ2n) is 4.77. The molecule has 0 amide bonds. The fourth-order valence-corrected chi connectivity index (χ4v) is 5.06. The number of sulfonamides is 1. The minimum absolute atomic E-state index is 0.0107. The number of hydrogen-bond donors (Lipinski definition) is 0. The molecule has 20 heavy (non-hydrogen) atoms. The van der Waals surface area contributed by atoms with Crippen molar-refractivity contribution in [3.05, 3.63) is 28.7 Å². The highest BCUT2D eigenvalue weighted by Crippen LogP contribution is 2.33. The Morgan fingerprint density at radius 1 is 1.45 bits per heavy atom. The van der Waals surface area contributed by atoms with Crippen LogP contribution in [0.1, 0.15) is 29.4 Å². The van der Waals surface area contributed by atoms with Gasteiger partial charge in [-0.2, -0.15) is 9.29 Å². The van der Waals surface area contributed by atoms with Crippen LogP contribution in [-0.2, 0) is 16.4 Å². The summed E-state index contributed by atoms with van der Waals surface area (Å²) in [4.78, 5) is 5.22. The Morgan fingerprint density at radius 3 is 2.75 bits per heavy atom. The molecule has 0 bridgehead atoms. The van der Waals surface area contributed by atoms with E-state index in [1.807, 2.05) is 13.0 Å². The van der Waals surface area contributed by atoms with E-state index >= 15 is 0 Å². The number of aryl methyl sites for hydroxylation is 2. The third-order valence-electron chi connectivity index (χ3n) is 3.32. The molecule has 0 radical (unpaired) electrons. The first-order valence-electron chi connectivity index (χ1n) is 6.39. The molecule has 0 N–H and O–H groups in total. The molecular formula is C12H15N3O3S2. The van der Waals surface area contributed by atoms with Crippen LogP contribution in [0.15, 0.2) is 20.9 Å². The Labute approximate surface area is 121 Å². The summed E-state index contributed by atoms with van der Waals surface area (Å²) in [7, 11) is -3.36. The van der Waals surface area contributed by atoms with Crippen molar-refractivity contribution in [3.63, 3.8) is 0 Å². The molecule has 108 valence electrons. The normalized spacial score (nSPS) is 17.3. The lowest BCUT2D eigenvalue weighted by molar-refractivity contribution is 0.217. The lowest BCUT2D eigenvalue weighted by Gasteiger charge is -2.35. The van der Waals surface area contributed by atoms with E-state index in [9.17, 15) is 8.42 Å². The highest BCUT2D eigenvalue weighted by Gasteiger charge is 2.40. The summed E-state index contributed by atoms with van der Waals surface area (Å²) in [6.07, 6.45) is 0.851. The summed E-state index contributed by atoms with van der Waals surface area (Å²) < 4.78 is 31.7. The van der Waals surface area contributed by atoms with Crippen molar-refractivity contribution in [2.24, 2.45) is 0 Å². The number of hydrogen-bond acceptors (Lipinski definition) is 6. The van der Waals surface area contributed by atoms with E-state index in [0.717, 1.165) is 11.3 Å². The summed E-state index contributed by atoms with van der Waals surface area (Å²) in [6.45, 7) is 4.57. The van der Waals surface area contributed by atoms with Crippen LogP contribution in [0.4, 0.5) is 0 Å². The van der Waals surface area contributed by atoms with Crippen LogP contribution in [0.3, 0.4) is 0 Å². The Kier molecular flexibility index (Phi) is 3.39. The predicted octanol–water partition coefficient (Wildman–Crippen LogP) is 1.79. The van der Waals surface area contributed by atoms with Crippen molar-refractivity contribution in [2.45, 2.75) is 30.4 Å². The molecule has 1 saturated heterocycles. The quantitative estimate of drug-likeness (QED) is 0.860. The van der Waals surface area contributed by atoms with Crippen LogP contribution in [0.25, 0.3) is 0 Å². The Hall–Kier alpha value is -1.25. The molecule has 0 atom stereocenters. The maximum Gasteiger partial charge on any atom is 0.252 e. The van der Waals surface area contributed by atoms with Crippen molar-refractivity contribution in [2.75, 3.05) is 13.1 Å². The summed E-state index contributed by atoms with van der Waals surface area (Å²) in [5.41, 5.74) is 0. The van der Waals surface area contributed by atoms with Crippen LogP contribution in [-0.4, -0.2) is 36.0 Å². The highest BCUT2D eigenvalue weighted by molar-refractivity contribution is 7.91. The van der Waals surface area contributed by atoms with Gasteiger partial charge in [0.1, 0.15) is 4.21 Å². The summed E-state index contributed by atoms with van der Waals surface area (Å²) in [5.74, 6) is 1.11. The van der Waals surface area contributed by atoms with Gasteiger partial charge in [-0.3, -0.25) is 0 Å². The highest BCUT2D eigenvalue weighted by atomic mass is 32.2. The molecule has 3 rings (SSSR count). The topological polar surface area (TPSA) is 76.3 Å². The first-order valence-corrected chi connectivity index (χ1v) is 8.65. The van der Waals surface area contributed by atoms with Gasteiger partial charge in [-0.05, 0) is 25.5 Å². The van der Waals surface area contributed by atoms with E-state index in [2.05, 4.69) is 10.1 Å². The lowest BCUT2D eigenvalue weighted by Crippen LogP contribution is -2.48. The first kappa shape index (κ1) is 13.7. The maximum absolute atomic E-state index is 12.4. The summed E-state index contributed by atoms with van der Waals surface area (Å²) in [6, 6.07) is 3.55. The average Bonchev–Trinajstić information content (AvgIpc) is 2.96. The third-order valence-corrected chi connectivity index (χ3v) is 6.85. The monoisotopic (exact) mass is 313 g/mol. The molecule has 2 aromatic heterocycles. The van der Waals surface area contributed by atoms with Gasteiger partial charge in [-0.25, -0.2) is 8.42 Å². The molecule has 0 saturated carbocycles. The molecule has 2 aromatic rings. The van der Waals surface area contributed by atoms with E-state index in [0.29, 0.717) is 29.0 Å². The van der Waals surface area contributed by atoms with Crippen molar-refractivity contribution in [3.8, 4) is 0 Å². The molecular weight excluding hydrogens is 298 g/mol. The SMILES string of the molecule is CCc1ccc(S(=O)(=O)N2CC(c3nc(C)no3)C2)s1. The lowest BCUT2D eigenvalue weighted by atomic mass is 10.0. The zero-order chi connectivity index (χ0) is 14.3. The number of rotatable bonds is 4. The number of nitrogens with zero attached hydrogens (tertiary/aromatic N) is 3. The van der Waals surface area contributed by atoms with Crippen molar-refractivity contribution >= 4 is 21.4 Å². The van der Waals surface area contributed by atoms with Crippen LogP contribution in [0, 0.1) is 6.92 Å². The summed E-state index contributed by atoms with van der Waals surface area (Å²) >= 11 is 1.34. The van der Waals surface area contributed by atoms with Crippen LogP contribution < -0.4 is 0 Å². The van der Waals surface area contributed by atoms with E-state index in [1.165, 1.54) is 15.6 Å². The molecule has 8 heteroatoms. The van der Waals surface area contributed by atoms with Gasteiger partial charge < -0.3 is 4.52 Å². The average molecular weight is 313 g/mol. The minimum Gasteiger partial charge on any atom is -0.339 e. The van der Waals surface area contributed by atoms with Crippen molar-refractivity contribution in [1.29, 1.82) is 0 Å². The van der Waals surface area contributed by atoms with Gasteiger partial charge in [0.05, 0.1) is 5.92 Å². The van der Waals surface area contributed by atoms with Crippen molar-refractivity contribution < 1.29 is 12.9 Å². The van der Waals surface area contributed by atoms with Gasteiger partial charge >= 0.3 is 0 Å². The van der Waals surface area contributed by atoms with Gasteiger partial charge in [0.2, 0.25) is 5.89 Å². The van der Waals surface area contributed by atoms with Gasteiger partial charge in [0, 0.05) is 18.0 Å². The third kappa shape index (κ3) is 2.27. The Bertz CT molecular complexity index is 714. The zero-order valence-electron chi connectivity index (χ0n) is 11.2. The molecule has 1 aliphatic rings. The largest absolute Gasteiger partial charge is 0.339 e. The molecule has 0 aromatic carbocycles. The second-order valence-corrected chi connectivity index (χ2v) is 8.11. The minimum atomic E-state index is -3.36. The van der Waals surface area contributed by atoms with Gasteiger partial charge in [0.15, 0.2) is 5.82 Å². The second kappa shape index (κ2) is 4.94. The van der Waals surface area contributed by atoms with E-state index in [4.69, 9.17) is 4.52 Å². The molecule has 0 unspecified atom stereocenters. The molecule has 3 heterocycles. The van der Waals surface area contributed by atoms with Gasteiger partial charge in [-0.15, -0.1) is 11.3 Å². The molecule has 6 nitrogen and oxygen atoms in total. The Balaban J connectivity index is 1.72. The van der Waals surface area contributed by atoms with E-state index in [1.54, 1.807) is 13.0 Å². The zero-order valence-corrected chi connectivity index (χ0v) is 12.9. The van der Waals surface area contributed by atoms with E-state index < -0.39 is 10.0 Å². The maximum atomic E-state index is 12.4. The van der Waals surface area contributed by atoms with Gasteiger partial charge in [0.25, 0.3) is 10.0 Å². The number of thiophene rings is 1. The first-order chi connectivity index (χ1) is 9.50. The predicted molar refractivity (Wildman–Crippen MR) is 74.2 cm³/mol. The van der Waals surface area contributed by atoms with Crippen LogP contribution in [0.2, 0.25) is 0 Å².